The van der Waals surface area contributed by atoms with Crippen molar-refractivity contribution in [3.05, 3.63) is 0 Å². The minimum absolute atomic E-state index is 0.165. The zero-order chi connectivity index (χ0) is 10.5. The molecule has 0 bridgehead atoms. The number of carbonyl (C=O) groups is 1. The first-order valence-corrected chi connectivity index (χ1v) is 5.70. The van der Waals surface area contributed by atoms with Crippen LogP contribution in [0.4, 0.5) is 0 Å². The van der Waals surface area contributed by atoms with Gasteiger partial charge in [0.25, 0.3) is 0 Å². The van der Waals surface area contributed by atoms with E-state index in [1.807, 2.05) is 0 Å². The Bertz CT molecular complexity index is 213. The van der Waals surface area contributed by atoms with Crippen molar-refractivity contribution < 1.29 is 9.53 Å². The van der Waals surface area contributed by atoms with Crippen molar-refractivity contribution in [3.8, 4) is 0 Å². The number of hydrogen-bond donors (Lipinski definition) is 2. The molecule has 0 unspecified atom stereocenters. The monoisotopic (exact) mass is 213 g/mol. The number of carbonyl (C=O) groups excluding carboxylic acids is 1. The lowest BCUT2D eigenvalue weighted by molar-refractivity contribution is -0.121. The van der Waals surface area contributed by atoms with E-state index >= 15 is 0 Å². The van der Waals surface area contributed by atoms with E-state index in [4.69, 9.17) is 4.74 Å². The van der Waals surface area contributed by atoms with E-state index in [9.17, 15) is 4.79 Å². The fourth-order valence-electron chi connectivity index (χ4n) is 1.58. The highest BCUT2D eigenvalue weighted by molar-refractivity contribution is 5.76. The van der Waals surface area contributed by atoms with Gasteiger partial charge in [-0.2, -0.15) is 0 Å². The van der Waals surface area contributed by atoms with Crippen LogP contribution in [0.3, 0.4) is 0 Å². The molecule has 1 amide bonds. The summed E-state index contributed by atoms with van der Waals surface area (Å²) in [5.74, 6) is 0.165. The van der Waals surface area contributed by atoms with Gasteiger partial charge < -0.3 is 10.1 Å². The smallest absolute Gasteiger partial charge is 0.221 e. The van der Waals surface area contributed by atoms with Crippen LogP contribution < -0.4 is 10.7 Å². The second-order valence-electron chi connectivity index (χ2n) is 4.10. The van der Waals surface area contributed by atoms with Crippen LogP contribution in [0.5, 0.6) is 0 Å². The van der Waals surface area contributed by atoms with Crippen LogP contribution in [-0.4, -0.2) is 49.8 Å². The molecule has 2 N–H and O–H groups in total. The van der Waals surface area contributed by atoms with E-state index in [0.29, 0.717) is 12.5 Å². The first kappa shape index (κ1) is 10.9. The molecule has 2 fully saturated rings. The SMILES string of the molecule is O=C(CCNN1CCOCC1)NC1CC1. The molecule has 0 atom stereocenters. The van der Waals surface area contributed by atoms with E-state index < -0.39 is 0 Å². The Balaban J connectivity index is 1.51. The zero-order valence-corrected chi connectivity index (χ0v) is 9.00. The maximum absolute atomic E-state index is 11.3. The van der Waals surface area contributed by atoms with E-state index in [1.165, 1.54) is 0 Å². The molecule has 5 heteroatoms. The van der Waals surface area contributed by atoms with Gasteiger partial charge >= 0.3 is 0 Å². The van der Waals surface area contributed by atoms with Gasteiger partial charge in [0, 0.05) is 32.1 Å². The summed E-state index contributed by atoms with van der Waals surface area (Å²) in [6.45, 7) is 4.09. The summed E-state index contributed by atoms with van der Waals surface area (Å²) < 4.78 is 5.23. The standard InChI is InChI=1S/C10H19N3O2/c14-10(12-9-1-2-9)3-4-11-13-5-7-15-8-6-13/h9,11H,1-8H2,(H,12,14). The van der Waals surface area contributed by atoms with Gasteiger partial charge in [-0.25, -0.2) is 5.01 Å². The zero-order valence-electron chi connectivity index (χ0n) is 9.00. The molecule has 0 spiro atoms. The van der Waals surface area contributed by atoms with Crippen LogP contribution in [0, 0.1) is 0 Å². The number of rotatable bonds is 5. The van der Waals surface area contributed by atoms with Gasteiger partial charge in [-0.15, -0.1) is 0 Å². The molecule has 5 nitrogen and oxygen atoms in total. The normalized spacial score (nSPS) is 22.7. The maximum Gasteiger partial charge on any atom is 0.221 e. The van der Waals surface area contributed by atoms with Gasteiger partial charge in [-0.1, -0.05) is 0 Å². The molecule has 15 heavy (non-hydrogen) atoms. The molecular weight excluding hydrogens is 194 g/mol. The van der Waals surface area contributed by atoms with Gasteiger partial charge in [0.15, 0.2) is 0 Å². The molecule has 0 aromatic heterocycles. The molecule has 0 aromatic rings. The molecule has 0 aromatic carbocycles. The third-order valence-electron chi connectivity index (χ3n) is 2.64. The summed E-state index contributed by atoms with van der Waals surface area (Å²) in [4.78, 5) is 11.3. The third-order valence-corrected chi connectivity index (χ3v) is 2.64. The highest BCUT2D eigenvalue weighted by atomic mass is 16.5. The van der Waals surface area contributed by atoms with Gasteiger partial charge in [0.05, 0.1) is 13.2 Å². The molecule has 1 saturated carbocycles. The molecule has 2 rings (SSSR count). The van der Waals surface area contributed by atoms with Crippen molar-refractivity contribution in [1.82, 2.24) is 15.8 Å². The van der Waals surface area contributed by atoms with Gasteiger partial charge in [0.1, 0.15) is 0 Å². The molecule has 1 aliphatic carbocycles. The van der Waals surface area contributed by atoms with Crippen LogP contribution in [0.25, 0.3) is 0 Å². The summed E-state index contributed by atoms with van der Waals surface area (Å²) >= 11 is 0. The highest BCUT2D eigenvalue weighted by Gasteiger charge is 2.22. The maximum atomic E-state index is 11.3. The lowest BCUT2D eigenvalue weighted by Crippen LogP contribution is -2.46. The fourth-order valence-corrected chi connectivity index (χ4v) is 1.58. The van der Waals surface area contributed by atoms with Crippen molar-refractivity contribution in [1.29, 1.82) is 0 Å². The lowest BCUT2D eigenvalue weighted by Gasteiger charge is -2.27. The topological polar surface area (TPSA) is 53.6 Å². The number of ether oxygens (including phenoxy) is 1. The number of hydrazine groups is 1. The first-order valence-electron chi connectivity index (χ1n) is 5.70. The van der Waals surface area contributed by atoms with Gasteiger partial charge in [-0.05, 0) is 12.8 Å². The Morgan fingerprint density at radius 2 is 2.07 bits per heavy atom. The fraction of sp³-hybridized carbons (Fsp3) is 0.900. The number of nitrogens with zero attached hydrogens (tertiary/aromatic N) is 1. The van der Waals surface area contributed by atoms with E-state index in [-0.39, 0.29) is 5.91 Å². The average Bonchev–Trinajstić information content (AvgIpc) is 3.03. The quantitative estimate of drug-likeness (QED) is 0.646. The minimum Gasteiger partial charge on any atom is -0.379 e. The van der Waals surface area contributed by atoms with Crippen molar-refractivity contribution in [2.24, 2.45) is 0 Å². The molecule has 86 valence electrons. The summed E-state index contributed by atoms with van der Waals surface area (Å²) in [7, 11) is 0. The Morgan fingerprint density at radius 3 is 2.73 bits per heavy atom. The van der Waals surface area contributed by atoms with Crippen molar-refractivity contribution >= 4 is 5.91 Å². The van der Waals surface area contributed by atoms with Crippen molar-refractivity contribution in [3.63, 3.8) is 0 Å². The van der Waals surface area contributed by atoms with Crippen LogP contribution in [-0.2, 0) is 9.53 Å². The van der Waals surface area contributed by atoms with E-state index in [2.05, 4.69) is 15.8 Å². The molecule has 2 aliphatic rings. The Hall–Kier alpha value is -0.650. The van der Waals surface area contributed by atoms with Gasteiger partial charge in [-0.3, -0.25) is 10.2 Å². The molecule has 0 radical (unpaired) electrons. The second-order valence-corrected chi connectivity index (χ2v) is 4.10. The number of hydrogen-bond acceptors (Lipinski definition) is 4. The van der Waals surface area contributed by atoms with Crippen LogP contribution in [0.2, 0.25) is 0 Å². The molecule has 1 saturated heterocycles. The lowest BCUT2D eigenvalue weighted by atomic mass is 10.4. The molecular formula is C10H19N3O2. The van der Waals surface area contributed by atoms with Crippen LogP contribution >= 0.6 is 0 Å². The Labute approximate surface area is 90.1 Å². The number of nitrogens with one attached hydrogen (secondary N) is 2. The summed E-state index contributed by atoms with van der Waals surface area (Å²) in [5, 5.41) is 5.09. The van der Waals surface area contributed by atoms with Crippen LogP contribution in [0.15, 0.2) is 0 Å². The third kappa shape index (κ3) is 4.15. The predicted octanol–water partition coefficient (Wildman–Crippen LogP) is -0.508. The highest BCUT2D eigenvalue weighted by Crippen LogP contribution is 2.18. The molecule has 1 heterocycles. The number of morpholine rings is 1. The predicted molar refractivity (Wildman–Crippen MR) is 56.2 cm³/mol. The van der Waals surface area contributed by atoms with Crippen molar-refractivity contribution in [2.45, 2.75) is 25.3 Å². The summed E-state index contributed by atoms with van der Waals surface area (Å²) in [5.41, 5.74) is 3.24. The van der Waals surface area contributed by atoms with E-state index in [1.54, 1.807) is 0 Å². The Kier molecular flexibility index (Phi) is 3.94. The number of amides is 1. The second kappa shape index (κ2) is 5.44. The summed E-state index contributed by atoms with van der Waals surface area (Å²) in [6.07, 6.45) is 2.87. The van der Waals surface area contributed by atoms with Crippen LogP contribution in [0.1, 0.15) is 19.3 Å². The largest absolute Gasteiger partial charge is 0.379 e. The molecule has 1 aliphatic heterocycles. The first-order chi connectivity index (χ1) is 7.34. The average molecular weight is 213 g/mol. The minimum atomic E-state index is 0.165. The summed E-state index contributed by atoms with van der Waals surface area (Å²) in [6, 6.07) is 0.473. The van der Waals surface area contributed by atoms with Crippen molar-refractivity contribution in [2.75, 3.05) is 32.8 Å². The Morgan fingerprint density at radius 1 is 1.33 bits per heavy atom. The van der Waals surface area contributed by atoms with Gasteiger partial charge in [0.2, 0.25) is 5.91 Å². The van der Waals surface area contributed by atoms with E-state index in [0.717, 1.165) is 45.7 Å².